The SMILES string of the molecule is CC(C)CCCCCCOC(=O)c1ccccc1C(=O)OC(=O)O. The zero-order valence-electron chi connectivity index (χ0n) is 14.1. The van der Waals surface area contributed by atoms with E-state index in [9.17, 15) is 14.4 Å². The Morgan fingerprint density at radius 1 is 0.958 bits per heavy atom. The Balaban J connectivity index is 2.45. The Hall–Kier alpha value is -2.37. The first-order chi connectivity index (χ1) is 11.4. The lowest BCUT2D eigenvalue weighted by Crippen LogP contribution is -2.16. The third-order valence-corrected chi connectivity index (χ3v) is 3.46. The third-order valence-electron chi connectivity index (χ3n) is 3.46. The second kappa shape index (κ2) is 10.4. The molecule has 0 saturated heterocycles. The number of carbonyl (C=O) groups excluding carboxylic acids is 2. The predicted octanol–water partition coefficient (Wildman–Crippen LogP) is 4.28. The highest BCUT2D eigenvalue weighted by atomic mass is 16.7. The zero-order valence-corrected chi connectivity index (χ0v) is 14.1. The van der Waals surface area contributed by atoms with Crippen molar-refractivity contribution in [1.29, 1.82) is 0 Å². The van der Waals surface area contributed by atoms with Crippen molar-refractivity contribution in [2.24, 2.45) is 5.92 Å². The second-order valence-electron chi connectivity index (χ2n) is 5.93. The summed E-state index contributed by atoms with van der Waals surface area (Å²) in [4.78, 5) is 34.2. The van der Waals surface area contributed by atoms with E-state index in [0.717, 1.165) is 25.7 Å². The van der Waals surface area contributed by atoms with Gasteiger partial charge in [0.25, 0.3) is 0 Å². The highest BCUT2D eigenvalue weighted by molar-refractivity contribution is 6.05. The van der Waals surface area contributed by atoms with Crippen LogP contribution in [0.2, 0.25) is 0 Å². The van der Waals surface area contributed by atoms with Gasteiger partial charge in [0.15, 0.2) is 0 Å². The first kappa shape index (κ1) is 19.7. The van der Waals surface area contributed by atoms with Gasteiger partial charge in [-0.1, -0.05) is 51.7 Å². The summed E-state index contributed by atoms with van der Waals surface area (Å²) in [5.74, 6) is -1.05. The summed E-state index contributed by atoms with van der Waals surface area (Å²) in [7, 11) is 0. The number of carboxylic acid groups (broad SMARTS) is 1. The smallest absolute Gasteiger partial charge is 0.462 e. The molecule has 0 unspecified atom stereocenters. The molecule has 0 aliphatic carbocycles. The molecule has 1 aromatic rings. The van der Waals surface area contributed by atoms with E-state index in [1.54, 1.807) is 6.07 Å². The van der Waals surface area contributed by atoms with Crippen LogP contribution in [-0.2, 0) is 9.47 Å². The van der Waals surface area contributed by atoms with Crippen LogP contribution in [0.1, 0.15) is 66.7 Å². The number of rotatable bonds is 9. The van der Waals surface area contributed by atoms with Crippen LogP contribution >= 0.6 is 0 Å². The molecule has 6 nitrogen and oxygen atoms in total. The molecule has 132 valence electrons. The number of hydrogen-bond acceptors (Lipinski definition) is 5. The van der Waals surface area contributed by atoms with Gasteiger partial charge in [0.05, 0.1) is 17.7 Å². The summed E-state index contributed by atoms with van der Waals surface area (Å²) in [6.07, 6.45) is 3.46. The molecule has 6 heteroatoms. The van der Waals surface area contributed by atoms with Crippen molar-refractivity contribution >= 4 is 18.1 Å². The van der Waals surface area contributed by atoms with E-state index >= 15 is 0 Å². The normalized spacial score (nSPS) is 10.5. The van der Waals surface area contributed by atoms with Crippen LogP contribution < -0.4 is 0 Å². The minimum Gasteiger partial charge on any atom is -0.462 e. The van der Waals surface area contributed by atoms with Gasteiger partial charge in [-0.25, -0.2) is 14.4 Å². The highest BCUT2D eigenvalue weighted by Gasteiger charge is 2.20. The average molecular weight is 336 g/mol. The van der Waals surface area contributed by atoms with Crippen LogP contribution in [0.4, 0.5) is 4.79 Å². The molecule has 0 bridgehead atoms. The lowest BCUT2D eigenvalue weighted by molar-refractivity contribution is 0.0454. The summed E-state index contributed by atoms with van der Waals surface area (Å²) in [5, 5.41) is 8.49. The van der Waals surface area contributed by atoms with Crippen molar-refractivity contribution in [1.82, 2.24) is 0 Å². The van der Waals surface area contributed by atoms with Gasteiger partial charge in [0, 0.05) is 0 Å². The Kier molecular flexibility index (Phi) is 8.54. The van der Waals surface area contributed by atoms with E-state index in [1.807, 2.05) is 0 Å². The van der Waals surface area contributed by atoms with Gasteiger partial charge in [-0.05, 0) is 24.5 Å². The maximum Gasteiger partial charge on any atom is 0.513 e. The molecule has 0 aliphatic rings. The minimum atomic E-state index is -1.72. The number of benzene rings is 1. The molecule has 0 radical (unpaired) electrons. The summed E-state index contributed by atoms with van der Waals surface area (Å²) in [6.45, 7) is 4.64. The topological polar surface area (TPSA) is 89.9 Å². The maximum absolute atomic E-state index is 12.1. The molecular formula is C18H24O6. The van der Waals surface area contributed by atoms with Gasteiger partial charge in [0.1, 0.15) is 0 Å². The van der Waals surface area contributed by atoms with Gasteiger partial charge < -0.3 is 14.6 Å². The average Bonchev–Trinajstić information content (AvgIpc) is 2.52. The lowest BCUT2D eigenvalue weighted by Gasteiger charge is -2.08. The molecule has 0 heterocycles. The molecule has 1 rings (SSSR count). The summed E-state index contributed by atoms with van der Waals surface area (Å²) in [6, 6.07) is 5.82. The van der Waals surface area contributed by atoms with Crippen LogP contribution in [0.15, 0.2) is 24.3 Å². The van der Waals surface area contributed by atoms with Crippen LogP contribution in [-0.4, -0.2) is 29.8 Å². The fraction of sp³-hybridized carbons (Fsp3) is 0.500. The van der Waals surface area contributed by atoms with Crippen molar-refractivity contribution in [3.63, 3.8) is 0 Å². The molecule has 0 aliphatic heterocycles. The van der Waals surface area contributed by atoms with Crippen molar-refractivity contribution in [3.05, 3.63) is 35.4 Å². The van der Waals surface area contributed by atoms with Gasteiger partial charge in [0.2, 0.25) is 0 Å². The number of ether oxygens (including phenoxy) is 2. The summed E-state index contributed by atoms with van der Waals surface area (Å²) >= 11 is 0. The van der Waals surface area contributed by atoms with Crippen molar-refractivity contribution in [2.75, 3.05) is 6.61 Å². The predicted molar refractivity (Wildman–Crippen MR) is 88.1 cm³/mol. The molecule has 0 saturated carbocycles. The van der Waals surface area contributed by atoms with Crippen molar-refractivity contribution < 1.29 is 29.0 Å². The number of carbonyl (C=O) groups is 3. The second-order valence-corrected chi connectivity index (χ2v) is 5.93. The highest BCUT2D eigenvalue weighted by Crippen LogP contribution is 2.13. The Labute approximate surface area is 141 Å². The van der Waals surface area contributed by atoms with Crippen LogP contribution in [0.3, 0.4) is 0 Å². The van der Waals surface area contributed by atoms with Crippen LogP contribution in [0, 0.1) is 5.92 Å². The van der Waals surface area contributed by atoms with Crippen molar-refractivity contribution in [2.45, 2.75) is 46.0 Å². The van der Waals surface area contributed by atoms with E-state index in [4.69, 9.17) is 9.84 Å². The quantitative estimate of drug-likeness (QED) is 0.411. The first-order valence-electron chi connectivity index (χ1n) is 8.13. The third kappa shape index (κ3) is 7.26. The van der Waals surface area contributed by atoms with E-state index in [1.165, 1.54) is 24.6 Å². The fourth-order valence-electron chi connectivity index (χ4n) is 2.22. The van der Waals surface area contributed by atoms with Gasteiger partial charge in [-0.2, -0.15) is 0 Å². The first-order valence-corrected chi connectivity index (χ1v) is 8.13. The minimum absolute atomic E-state index is 0.00329. The monoisotopic (exact) mass is 336 g/mol. The van der Waals surface area contributed by atoms with Crippen LogP contribution in [0.5, 0.6) is 0 Å². The fourth-order valence-corrected chi connectivity index (χ4v) is 2.22. The largest absolute Gasteiger partial charge is 0.513 e. The molecule has 1 N–H and O–H groups in total. The van der Waals surface area contributed by atoms with Gasteiger partial charge >= 0.3 is 18.1 Å². The zero-order chi connectivity index (χ0) is 17.9. The molecule has 0 spiro atoms. The molecule has 24 heavy (non-hydrogen) atoms. The molecule has 0 aromatic heterocycles. The summed E-state index contributed by atoms with van der Waals surface area (Å²) in [5.41, 5.74) is -0.120. The molecule has 1 aromatic carbocycles. The van der Waals surface area contributed by atoms with Gasteiger partial charge in [-0.15, -0.1) is 0 Å². The number of unbranched alkanes of at least 4 members (excludes halogenated alkanes) is 3. The Morgan fingerprint density at radius 2 is 1.54 bits per heavy atom. The molecular weight excluding hydrogens is 312 g/mol. The summed E-state index contributed by atoms with van der Waals surface area (Å²) < 4.78 is 9.24. The van der Waals surface area contributed by atoms with E-state index in [2.05, 4.69) is 18.6 Å². The van der Waals surface area contributed by atoms with E-state index in [-0.39, 0.29) is 17.7 Å². The Morgan fingerprint density at radius 3 is 2.12 bits per heavy atom. The van der Waals surface area contributed by atoms with Crippen LogP contribution in [0.25, 0.3) is 0 Å². The van der Waals surface area contributed by atoms with E-state index < -0.39 is 18.1 Å². The van der Waals surface area contributed by atoms with E-state index in [0.29, 0.717) is 5.92 Å². The number of esters is 2. The lowest BCUT2D eigenvalue weighted by atomic mass is 10.0. The van der Waals surface area contributed by atoms with Crippen molar-refractivity contribution in [3.8, 4) is 0 Å². The van der Waals surface area contributed by atoms with Gasteiger partial charge in [-0.3, -0.25) is 0 Å². The molecule has 0 atom stereocenters. The molecule has 0 amide bonds. The standard InChI is InChI=1S/C18H24O6/c1-13(2)9-5-3-4-8-12-23-16(19)14-10-6-7-11-15(14)17(20)24-18(21)22/h6-7,10-11,13H,3-5,8-9,12H2,1-2H3,(H,21,22). The molecule has 0 fully saturated rings. The number of hydrogen-bond donors (Lipinski definition) is 1. The maximum atomic E-state index is 12.1. The Bertz CT molecular complexity index is 564.